The van der Waals surface area contributed by atoms with Crippen LogP contribution in [0.2, 0.25) is 0 Å². The SMILES string of the molecule is CC1CCCC(N2CCC(C)C(CN)C2)CC1. The highest BCUT2D eigenvalue weighted by atomic mass is 15.2. The summed E-state index contributed by atoms with van der Waals surface area (Å²) in [4.78, 5) is 2.76. The lowest BCUT2D eigenvalue weighted by molar-refractivity contribution is 0.0831. The van der Waals surface area contributed by atoms with Gasteiger partial charge in [0.05, 0.1) is 0 Å². The fraction of sp³-hybridized carbons (Fsp3) is 1.00. The maximum Gasteiger partial charge on any atom is 0.00954 e. The van der Waals surface area contributed by atoms with Crippen LogP contribution < -0.4 is 5.73 Å². The molecule has 17 heavy (non-hydrogen) atoms. The van der Waals surface area contributed by atoms with Gasteiger partial charge in [0, 0.05) is 12.6 Å². The smallest absolute Gasteiger partial charge is 0.00954 e. The molecule has 0 aromatic heterocycles. The molecule has 0 radical (unpaired) electrons. The van der Waals surface area contributed by atoms with E-state index in [1.54, 1.807) is 0 Å². The average Bonchev–Trinajstić information content (AvgIpc) is 2.55. The maximum atomic E-state index is 5.91. The Balaban J connectivity index is 1.88. The highest BCUT2D eigenvalue weighted by Gasteiger charge is 2.30. The lowest BCUT2D eigenvalue weighted by Crippen LogP contribution is -2.47. The van der Waals surface area contributed by atoms with Gasteiger partial charge in [-0.2, -0.15) is 0 Å². The third-order valence-corrected chi connectivity index (χ3v) is 5.19. The van der Waals surface area contributed by atoms with E-state index in [2.05, 4.69) is 18.7 Å². The minimum absolute atomic E-state index is 0.740. The van der Waals surface area contributed by atoms with Gasteiger partial charge in [-0.25, -0.2) is 0 Å². The number of piperidine rings is 1. The molecule has 0 amide bonds. The van der Waals surface area contributed by atoms with Crippen LogP contribution in [-0.4, -0.2) is 30.6 Å². The Morgan fingerprint density at radius 1 is 1.06 bits per heavy atom. The number of hydrogen-bond acceptors (Lipinski definition) is 2. The predicted octanol–water partition coefficient (Wildman–Crippen LogP) is 2.87. The van der Waals surface area contributed by atoms with Crippen molar-refractivity contribution in [2.45, 2.75) is 58.4 Å². The minimum Gasteiger partial charge on any atom is -0.330 e. The second-order valence-corrected chi connectivity index (χ2v) is 6.52. The first kappa shape index (κ1) is 13.4. The first-order valence-electron chi connectivity index (χ1n) is 7.64. The highest BCUT2D eigenvalue weighted by molar-refractivity contribution is 4.84. The zero-order valence-electron chi connectivity index (χ0n) is 11.7. The van der Waals surface area contributed by atoms with E-state index in [0.717, 1.165) is 30.3 Å². The van der Waals surface area contributed by atoms with Crippen molar-refractivity contribution >= 4 is 0 Å². The summed E-state index contributed by atoms with van der Waals surface area (Å²) in [7, 11) is 0. The lowest BCUT2D eigenvalue weighted by Gasteiger charge is -2.41. The molecular weight excluding hydrogens is 208 g/mol. The Morgan fingerprint density at radius 2 is 1.88 bits per heavy atom. The zero-order chi connectivity index (χ0) is 12.3. The molecule has 2 aliphatic rings. The van der Waals surface area contributed by atoms with Crippen LogP contribution in [0.4, 0.5) is 0 Å². The Hall–Kier alpha value is -0.0800. The van der Waals surface area contributed by atoms with Crippen molar-refractivity contribution in [1.29, 1.82) is 0 Å². The normalized spacial score (nSPS) is 41.1. The Kier molecular flexibility index (Phi) is 4.87. The maximum absolute atomic E-state index is 5.91. The molecule has 0 spiro atoms. The molecule has 2 fully saturated rings. The van der Waals surface area contributed by atoms with Gasteiger partial charge in [0.1, 0.15) is 0 Å². The summed E-state index contributed by atoms with van der Waals surface area (Å²) in [5.74, 6) is 2.53. The quantitative estimate of drug-likeness (QED) is 0.750. The summed E-state index contributed by atoms with van der Waals surface area (Å²) in [6.07, 6.45) is 8.52. The largest absolute Gasteiger partial charge is 0.330 e. The molecule has 0 aromatic rings. The van der Waals surface area contributed by atoms with E-state index in [-0.39, 0.29) is 0 Å². The molecule has 1 saturated heterocycles. The van der Waals surface area contributed by atoms with Crippen LogP contribution in [0.5, 0.6) is 0 Å². The average molecular weight is 238 g/mol. The molecule has 0 aromatic carbocycles. The molecule has 2 N–H and O–H groups in total. The van der Waals surface area contributed by atoms with Gasteiger partial charge in [-0.1, -0.05) is 26.7 Å². The second kappa shape index (κ2) is 6.19. The van der Waals surface area contributed by atoms with Crippen molar-refractivity contribution < 1.29 is 0 Å². The van der Waals surface area contributed by atoms with Gasteiger partial charge in [0.15, 0.2) is 0 Å². The molecule has 0 bridgehead atoms. The van der Waals surface area contributed by atoms with Gasteiger partial charge in [-0.05, 0) is 56.5 Å². The van der Waals surface area contributed by atoms with Crippen LogP contribution >= 0.6 is 0 Å². The van der Waals surface area contributed by atoms with E-state index in [1.807, 2.05) is 0 Å². The summed E-state index contributed by atoms with van der Waals surface area (Å²) < 4.78 is 0. The Labute approximate surface area is 107 Å². The molecule has 100 valence electrons. The van der Waals surface area contributed by atoms with Crippen molar-refractivity contribution in [3.8, 4) is 0 Å². The summed E-state index contributed by atoms with van der Waals surface area (Å²) in [6.45, 7) is 8.25. The first-order chi connectivity index (χ1) is 8.20. The number of hydrogen-bond donors (Lipinski definition) is 1. The summed E-state index contributed by atoms with van der Waals surface area (Å²) in [6, 6.07) is 0.862. The molecule has 2 heteroatoms. The third-order valence-electron chi connectivity index (χ3n) is 5.19. The summed E-state index contributed by atoms with van der Waals surface area (Å²) in [5.41, 5.74) is 5.91. The molecule has 2 nitrogen and oxygen atoms in total. The van der Waals surface area contributed by atoms with Crippen LogP contribution in [0.15, 0.2) is 0 Å². The zero-order valence-corrected chi connectivity index (χ0v) is 11.7. The van der Waals surface area contributed by atoms with Gasteiger partial charge in [0.25, 0.3) is 0 Å². The second-order valence-electron chi connectivity index (χ2n) is 6.52. The number of nitrogens with two attached hydrogens (primary N) is 1. The third kappa shape index (κ3) is 3.45. The van der Waals surface area contributed by atoms with Gasteiger partial charge in [-0.3, -0.25) is 0 Å². The van der Waals surface area contributed by atoms with Crippen molar-refractivity contribution in [3.63, 3.8) is 0 Å². The fourth-order valence-corrected chi connectivity index (χ4v) is 3.65. The van der Waals surface area contributed by atoms with Crippen LogP contribution in [0.3, 0.4) is 0 Å². The fourth-order valence-electron chi connectivity index (χ4n) is 3.65. The summed E-state index contributed by atoms with van der Waals surface area (Å²) in [5, 5.41) is 0. The molecule has 1 saturated carbocycles. The standard InChI is InChI=1S/C15H30N2/c1-12-4-3-5-15(7-6-12)17-9-8-13(2)14(10-16)11-17/h12-15H,3-11,16H2,1-2H3. The summed E-state index contributed by atoms with van der Waals surface area (Å²) >= 11 is 0. The topological polar surface area (TPSA) is 29.3 Å². The van der Waals surface area contributed by atoms with E-state index < -0.39 is 0 Å². The first-order valence-corrected chi connectivity index (χ1v) is 7.64. The van der Waals surface area contributed by atoms with Crippen LogP contribution in [0, 0.1) is 17.8 Å². The number of rotatable bonds is 2. The van der Waals surface area contributed by atoms with Crippen LogP contribution in [0.25, 0.3) is 0 Å². The highest BCUT2D eigenvalue weighted by Crippen LogP contribution is 2.30. The molecule has 1 aliphatic heterocycles. The number of likely N-dealkylation sites (tertiary alicyclic amines) is 1. The Bertz CT molecular complexity index is 229. The van der Waals surface area contributed by atoms with Gasteiger partial charge >= 0.3 is 0 Å². The molecule has 1 aliphatic carbocycles. The monoisotopic (exact) mass is 238 g/mol. The molecule has 2 rings (SSSR count). The van der Waals surface area contributed by atoms with Crippen LogP contribution in [-0.2, 0) is 0 Å². The van der Waals surface area contributed by atoms with E-state index in [1.165, 1.54) is 51.6 Å². The molecular formula is C15H30N2. The van der Waals surface area contributed by atoms with Gasteiger partial charge in [0.2, 0.25) is 0 Å². The van der Waals surface area contributed by atoms with Crippen molar-refractivity contribution in [1.82, 2.24) is 4.90 Å². The Morgan fingerprint density at radius 3 is 2.65 bits per heavy atom. The molecule has 1 heterocycles. The lowest BCUT2D eigenvalue weighted by atomic mass is 9.86. The number of nitrogens with zero attached hydrogens (tertiary/aromatic N) is 1. The minimum atomic E-state index is 0.740. The van der Waals surface area contributed by atoms with E-state index in [9.17, 15) is 0 Å². The van der Waals surface area contributed by atoms with Gasteiger partial charge in [-0.15, -0.1) is 0 Å². The van der Waals surface area contributed by atoms with E-state index >= 15 is 0 Å². The van der Waals surface area contributed by atoms with Crippen molar-refractivity contribution in [2.24, 2.45) is 23.5 Å². The predicted molar refractivity (Wildman–Crippen MR) is 73.9 cm³/mol. The van der Waals surface area contributed by atoms with Gasteiger partial charge < -0.3 is 10.6 Å². The van der Waals surface area contributed by atoms with Crippen molar-refractivity contribution in [3.05, 3.63) is 0 Å². The molecule has 4 atom stereocenters. The molecule has 4 unspecified atom stereocenters. The van der Waals surface area contributed by atoms with E-state index in [4.69, 9.17) is 5.73 Å². The van der Waals surface area contributed by atoms with Crippen LogP contribution in [0.1, 0.15) is 52.4 Å². The van der Waals surface area contributed by atoms with Crippen molar-refractivity contribution in [2.75, 3.05) is 19.6 Å². The van der Waals surface area contributed by atoms with E-state index in [0.29, 0.717) is 0 Å².